The zero-order valence-corrected chi connectivity index (χ0v) is 5.74. The van der Waals surface area contributed by atoms with Crippen LogP contribution in [0.3, 0.4) is 0 Å². The number of imide groups is 1. The van der Waals surface area contributed by atoms with Crippen molar-refractivity contribution in [1.29, 1.82) is 0 Å². The molecule has 0 bridgehead atoms. The average Bonchev–Trinajstić information content (AvgIpc) is 1.97. The smallest absolute Gasteiger partial charge is 0.326 e. The summed E-state index contributed by atoms with van der Waals surface area (Å²) in [5, 5.41) is 10.6. The summed E-state index contributed by atoms with van der Waals surface area (Å²) in [6.07, 6.45) is -3.73. The molecule has 0 saturated carbocycles. The lowest BCUT2D eigenvalue weighted by molar-refractivity contribution is -0.137. The molecule has 0 aliphatic carbocycles. The van der Waals surface area contributed by atoms with Crippen LogP contribution in [0, 0.1) is 0 Å². The molecule has 1 saturated heterocycles. The van der Waals surface area contributed by atoms with Crippen molar-refractivity contribution in [1.82, 2.24) is 10.2 Å². The number of carbonyl (C=O) groups is 2. The van der Waals surface area contributed by atoms with Crippen molar-refractivity contribution in [3.8, 4) is 0 Å². The standard InChI is InChI=1S/C5H7FN2O3/c1-8-4(10)2(6)3(9)7-5(8)11/h2,4,10H,1H3,(H,7,9,11)/t2-,4-/m1/s1. The zero-order chi connectivity index (χ0) is 8.59. The monoisotopic (exact) mass is 162 g/mol. The third-order valence-corrected chi connectivity index (χ3v) is 1.46. The first-order chi connectivity index (χ1) is 5.04. The number of hydrogen-bond donors (Lipinski definition) is 2. The lowest BCUT2D eigenvalue weighted by Gasteiger charge is -2.30. The number of aliphatic hydroxyl groups is 1. The Bertz CT molecular complexity index is 188. The average molecular weight is 162 g/mol. The van der Waals surface area contributed by atoms with Crippen LogP contribution in [0.25, 0.3) is 0 Å². The Morgan fingerprint density at radius 3 is 2.73 bits per heavy atom. The highest BCUT2D eigenvalue weighted by Crippen LogP contribution is 2.08. The number of carbonyl (C=O) groups excluding carboxylic acids is 2. The maximum atomic E-state index is 12.5. The molecule has 0 radical (unpaired) electrons. The largest absolute Gasteiger partial charge is 0.370 e. The quantitative estimate of drug-likeness (QED) is 0.471. The van der Waals surface area contributed by atoms with Crippen LogP contribution in [0.1, 0.15) is 0 Å². The summed E-state index contributed by atoms with van der Waals surface area (Å²) >= 11 is 0. The van der Waals surface area contributed by atoms with Crippen molar-refractivity contribution >= 4 is 11.9 Å². The second-order valence-corrected chi connectivity index (χ2v) is 2.22. The number of hydrogen-bond acceptors (Lipinski definition) is 3. The van der Waals surface area contributed by atoms with E-state index in [1.54, 1.807) is 5.32 Å². The minimum absolute atomic E-state index is 0.714. The van der Waals surface area contributed by atoms with E-state index in [4.69, 9.17) is 5.11 Å². The lowest BCUT2D eigenvalue weighted by atomic mass is 10.2. The zero-order valence-electron chi connectivity index (χ0n) is 5.74. The third kappa shape index (κ3) is 1.16. The van der Waals surface area contributed by atoms with Gasteiger partial charge in [-0.15, -0.1) is 0 Å². The van der Waals surface area contributed by atoms with E-state index < -0.39 is 24.3 Å². The first-order valence-electron chi connectivity index (χ1n) is 2.94. The first-order valence-corrected chi connectivity index (χ1v) is 2.94. The maximum Gasteiger partial charge on any atom is 0.326 e. The second-order valence-electron chi connectivity index (χ2n) is 2.22. The van der Waals surface area contributed by atoms with Gasteiger partial charge in [-0.3, -0.25) is 15.0 Å². The number of halogens is 1. The van der Waals surface area contributed by atoms with Crippen LogP contribution in [-0.4, -0.2) is 41.4 Å². The Kier molecular flexibility index (Phi) is 1.77. The Morgan fingerprint density at radius 2 is 2.18 bits per heavy atom. The van der Waals surface area contributed by atoms with Crippen molar-refractivity contribution in [2.24, 2.45) is 0 Å². The van der Waals surface area contributed by atoms with E-state index in [2.05, 4.69) is 0 Å². The fourth-order valence-corrected chi connectivity index (χ4v) is 0.714. The molecule has 1 aliphatic rings. The molecular weight excluding hydrogens is 155 g/mol. The summed E-state index contributed by atoms with van der Waals surface area (Å²) in [4.78, 5) is 21.8. The van der Waals surface area contributed by atoms with Gasteiger partial charge in [-0.2, -0.15) is 0 Å². The van der Waals surface area contributed by atoms with Crippen molar-refractivity contribution in [3.05, 3.63) is 0 Å². The van der Waals surface area contributed by atoms with Gasteiger partial charge in [0.2, 0.25) is 6.17 Å². The molecule has 0 aromatic heterocycles. The van der Waals surface area contributed by atoms with Gasteiger partial charge in [0.1, 0.15) is 0 Å². The molecule has 11 heavy (non-hydrogen) atoms. The SMILES string of the molecule is CN1C(=O)NC(=O)[C@@H](F)[C@H]1O. The highest BCUT2D eigenvalue weighted by molar-refractivity contribution is 5.99. The number of aliphatic hydroxyl groups excluding tert-OH is 1. The van der Waals surface area contributed by atoms with Crippen molar-refractivity contribution in [3.63, 3.8) is 0 Å². The fraction of sp³-hybridized carbons (Fsp3) is 0.600. The molecule has 1 fully saturated rings. The van der Waals surface area contributed by atoms with Crippen molar-refractivity contribution < 1.29 is 19.1 Å². The number of nitrogens with zero attached hydrogens (tertiary/aromatic N) is 1. The number of nitrogens with one attached hydrogen (secondary N) is 1. The second kappa shape index (κ2) is 2.46. The van der Waals surface area contributed by atoms with Gasteiger partial charge < -0.3 is 5.11 Å². The Balaban J connectivity index is 2.78. The fourth-order valence-electron chi connectivity index (χ4n) is 0.714. The Hall–Kier alpha value is -1.17. The van der Waals surface area contributed by atoms with Crippen LogP contribution < -0.4 is 5.32 Å². The molecule has 5 nitrogen and oxygen atoms in total. The van der Waals surface area contributed by atoms with E-state index in [1.165, 1.54) is 7.05 Å². The highest BCUT2D eigenvalue weighted by atomic mass is 19.1. The highest BCUT2D eigenvalue weighted by Gasteiger charge is 2.38. The van der Waals surface area contributed by atoms with Gasteiger partial charge in [0.25, 0.3) is 5.91 Å². The summed E-state index contributed by atoms with van der Waals surface area (Å²) in [6, 6.07) is -0.795. The predicted molar refractivity (Wildman–Crippen MR) is 32.2 cm³/mol. The normalized spacial score (nSPS) is 32.1. The van der Waals surface area contributed by atoms with Crippen LogP contribution >= 0.6 is 0 Å². The van der Waals surface area contributed by atoms with Crippen molar-refractivity contribution in [2.45, 2.75) is 12.4 Å². The van der Waals surface area contributed by atoms with Crippen LogP contribution in [0.4, 0.5) is 9.18 Å². The summed E-state index contributed by atoms with van der Waals surface area (Å²) in [6.45, 7) is 0. The van der Waals surface area contributed by atoms with Crippen LogP contribution in [0.2, 0.25) is 0 Å². The van der Waals surface area contributed by atoms with Crippen LogP contribution in [-0.2, 0) is 4.79 Å². The van der Waals surface area contributed by atoms with E-state index in [0.29, 0.717) is 4.90 Å². The number of alkyl halides is 1. The molecule has 1 rings (SSSR count). The minimum atomic E-state index is -2.06. The summed E-state index contributed by atoms with van der Waals surface area (Å²) in [5.41, 5.74) is 0. The van der Waals surface area contributed by atoms with Crippen LogP contribution in [0.15, 0.2) is 0 Å². The molecule has 62 valence electrons. The molecule has 2 atom stereocenters. The van der Waals surface area contributed by atoms with Gasteiger partial charge >= 0.3 is 6.03 Å². The molecule has 0 unspecified atom stereocenters. The molecule has 0 spiro atoms. The molecular formula is C5H7FN2O3. The maximum absolute atomic E-state index is 12.5. The molecule has 3 amide bonds. The third-order valence-electron chi connectivity index (χ3n) is 1.46. The Morgan fingerprint density at radius 1 is 1.64 bits per heavy atom. The van der Waals surface area contributed by atoms with Gasteiger partial charge in [0, 0.05) is 7.05 Å². The summed E-state index contributed by atoms with van der Waals surface area (Å²) in [7, 11) is 1.19. The van der Waals surface area contributed by atoms with E-state index in [-0.39, 0.29) is 0 Å². The van der Waals surface area contributed by atoms with Crippen LogP contribution in [0.5, 0.6) is 0 Å². The van der Waals surface area contributed by atoms with Gasteiger partial charge in [0.05, 0.1) is 0 Å². The van der Waals surface area contributed by atoms with E-state index in [0.717, 1.165) is 0 Å². The summed E-state index contributed by atoms with van der Waals surface area (Å²) in [5.74, 6) is -1.10. The lowest BCUT2D eigenvalue weighted by Crippen LogP contribution is -2.59. The van der Waals surface area contributed by atoms with Gasteiger partial charge in [-0.1, -0.05) is 0 Å². The van der Waals surface area contributed by atoms with Gasteiger partial charge in [-0.05, 0) is 0 Å². The van der Waals surface area contributed by atoms with Crippen molar-refractivity contribution in [2.75, 3.05) is 7.05 Å². The molecule has 2 N–H and O–H groups in total. The van der Waals surface area contributed by atoms with E-state index in [1.807, 2.05) is 0 Å². The molecule has 0 aromatic carbocycles. The predicted octanol–water partition coefficient (Wildman–Crippen LogP) is -1.18. The molecule has 0 aromatic rings. The van der Waals surface area contributed by atoms with E-state index >= 15 is 0 Å². The molecule has 1 aliphatic heterocycles. The van der Waals surface area contributed by atoms with Gasteiger partial charge in [0.15, 0.2) is 6.23 Å². The van der Waals surface area contributed by atoms with E-state index in [9.17, 15) is 14.0 Å². The van der Waals surface area contributed by atoms with Gasteiger partial charge in [-0.25, -0.2) is 9.18 Å². The molecule has 6 heteroatoms. The number of urea groups is 1. The number of amides is 3. The number of rotatable bonds is 0. The summed E-state index contributed by atoms with van der Waals surface area (Å²) < 4.78 is 12.5. The topological polar surface area (TPSA) is 69.6 Å². The molecule has 1 heterocycles. The first kappa shape index (κ1) is 7.93. The Labute approximate surface area is 61.8 Å². The minimum Gasteiger partial charge on any atom is -0.370 e.